The lowest BCUT2D eigenvalue weighted by Crippen LogP contribution is -1.85. The Morgan fingerprint density at radius 2 is 1.61 bits per heavy atom. The molecule has 3 nitrogen and oxygen atoms in total. The minimum absolute atomic E-state index is 0.744. The molecule has 4 heteroatoms. The first-order chi connectivity index (χ1) is 8.84. The van der Waals surface area contributed by atoms with E-state index in [1.807, 2.05) is 42.5 Å². The second-order valence-electron chi connectivity index (χ2n) is 3.83. The third-order valence-corrected chi connectivity index (χ3v) is 3.56. The van der Waals surface area contributed by atoms with Crippen LogP contribution >= 0.6 is 11.3 Å². The molecule has 0 aliphatic carbocycles. The second kappa shape index (κ2) is 4.58. The quantitative estimate of drug-likeness (QED) is 0.761. The fourth-order valence-electron chi connectivity index (χ4n) is 1.75. The lowest BCUT2D eigenvalue weighted by atomic mass is 10.2. The number of nitrogens with zero attached hydrogens (tertiary/aromatic N) is 2. The van der Waals surface area contributed by atoms with E-state index in [9.17, 15) is 0 Å². The maximum atomic E-state index is 6.05. The standard InChI is InChI=1S/C14H11N3S/c15-13-12(10-4-2-1-3-5-10)17-14(18-13)11-6-8-16-9-7-11/h1-9H,15H2. The van der Waals surface area contributed by atoms with Crippen molar-refractivity contribution in [2.45, 2.75) is 0 Å². The van der Waals surface area contributed by atoms with Gasteiger partial charge in [0.2, 0.25) is 0 Å². The zero-order valence-corrected chi connectivity index (χ0v) is 10.4. The van der Waals surface area contributed by atoms with Crippen LogP contribution in [0.25, 0.3) is 21.8 Å². The van der Waals surface area contributed by atoms with Crippen LogP contribution in [0.2, 0.25) is 0 Å². The van der Waals surface area contributed by atoms with Gasteiger partial charge in [0, 0.05) is 23.5 Å². The highest BCUT2D eigenvalue weighted by Gasteiger charge is 2.11. The van der Waals surface area contributed by atoms with Crippen LogP contribution in [0.3, 0.4) is 0 Å². The van der Waals surface area contributed by atoms with Gasteiger partial charge in [0.15, 0.2) is 0 Å². The fraction of sp³-hybridized carbons (Fsp3) is 0. The van der Waals surface area contributed by atoms with Crippen molar-refractivity contribution >= 4 is 16.3 Å². The first kappa shape index (κ1) is 10.9. The summed E-state index contributed by atoms with van der Waals surface area (Å²) < 4.78 is 0. The van der Waals surface area contributed by atoms with Crippen LogP contribution in [0.15, 0.2) is 54.9 Å². The van der Waals surface area contributed by atoms with Gasteiger partial charge in [0.1, 0.15) is 15.7 Å². The minimum atomic E-state index is 0.744. The van der Waals surface area contributed by atoms with Crippen molar-refractivity contribution in [1.29, 1.82) is 0 Å². The average molecular weight is 253 g/mol. The minimum Gasteiger partial charge on any atom is -0.389 e. The monoisotopic (exact) mass is 253 g/mol. The molecule has 2 heterocycles. The Balaban J connectivity index is 2.07. The molecule has 0 radical (unpaired) electrons. The van der Waals surface area contributed by atoms with Crippen LogP contribution in [0.4, 0.5) is 5.00 Å². The SMILES string of the molecule is Nc1sc(-c2ccncc2)nc1-c1ccccc1. The van der Waals surface area contributed by atoms with Gasteiger partial charge in [-0.05, 0) is 12.1 Å². The Morgan fingerprint density at radius 3 is 2.33 bits per heavy atom. The van der Waals surface area contributed by atoms with Gasteiger partial charge in [-0.2, -0.15) is 0 Å². The van der Waals surface area contributed by atoms with Crippen LogP contribution in [0.1, 0.15) is 0 Å². The van der Waals surface area contributed by atoms with E-state index in [2.05, 4.69) is 9.97 Å². The first-order valence-electron chi connectivity index (χ1n) is 5.57. The average Bonchev–Trinajstić information content (AvgIpc) is 2.83. The number of nitrogens with two attached hydrogens (primary N) is 1. The maximum absolute atomic E-state index is 6.05. The molecule has 0 bridgehead atoms. The molecule has 0 spiro atoms. The van der Waals surface area contributed by atoms with Gasteiger partial charge in [-0.15, -0.1) is 0 Å². The Hall–Kier alpha value is -2.20. The van der Waals surface area contributed by atoms with Crippen molar-refractivity contribution in [3.05, 3.63) is 54.9 Å². The van der Waals surface area contributed by atoms with E-state index >= 15 is 0 Å². The molecule has 0 atom stereocenters. The molecule has 1 aromatic carbocycles. The van der Waals surface area contributed by atoms with Crippen molar-refractivity contribution in [3.63, 3.8) is 0 Å². The number of hydrogen-bond donors (Lipinski definition) is 1. The van der Waals surface area contributed by atoms with Gasteiger partial charge in [-0.1, -0.05) is 41.7 Å². The van der Waals surface area contributed by atoms with Gasteiger partial charge in [-0.3, -0.25) is 4.98 Å². The molecule has 0 saturated carbocycles. The molecule has 0 saturated heterocycles. The van der Waals surface area contributed by atoms with Crippen LogP contribution in [-0.2, 0) is 0 Å². The number of pyridine rings is 1. The molecule has 18 heavy (non-hydrogen) atoms. The van der Waals surface area contributed by atoms with E-state index in [0.717, 1.165) is 26.8 Å². The van der Waals surface area contributed by atoms with Crippen LogP contribution in [-0.4, -0.2) is 9.97 Å². The largest absolute Gasteiger partial charge is 0.389 e. The van der Waals surface area contributed by atoms with Crippen molar-refractivity contribution in [3.8, 4) is 21.8 Å². The Labute approximate surface area is 109 Å². The summed E-state index contributed by atoms with van der Waals surface area (Å²) >= 11 is 1.50. The summed E-state index contributed by atoms with van der Waals surface area (Å²) in [5.41, 5.74) is 9.00. The normalized spacial score (nSPS) is 10.4. The Bertz CT molecular complexity index is 647. The highest BCUT2D eigenvalue weighted by Crippen LogP contribution is 2.35. The van der Waals surface area contributed by atoms with E-state index < -0.39 is 0 Å². The van der Waals surface area contributed by atoms with Crippen LogP contribution in [0, 0.1) is 0 Å². The molecule has 3 rings (SSSR count). The van der Waals surface area contributed by atoms with Gasteiger partial charge in [-0.25, -0.2) is 4.98 Å². The summed E-state index contributed by atoms with van der Waals surface area (Å²) in [7, 11) is 0. The predicted molar refractivity (Wildman–Crippen MR) is 75.2 cm³/mol. The summed E-state index contributed by atoms with van der Waals surface area (Å²) in [5, 5.41) is 1.67. The van der Waals surface area contributed by atoms with E-state index in [-0.39, 0.29) is 0 Å². The van der Waals surface area contributed by atoms with Crippen molar-refractivity contribution < 1.29 is 0 Å². The van der Waals surface area contributed by atoms with Crippen molar-refractivity contribution in [2.24, 2.45) is 0 Å². The lowest BCUT2D eigenvalue weighted by molar-refractivity contribution is 1.32. The van der Waals surface area contributed by atoms with Crippen molar-refractivity contribution in [2.75, 3.05) is 5.73 Å². The zero-order valence-electron chi connectivity index (χ0n) is 9.58. The molecule has 88 valence electrons. The summed E-state index contributed by atoms with van der Waals surface area (Å²) in [4.78, 5) is 8.62. The fourth-order valence-corrected chi connectivity index (χ4v) is 2.61. The molecule has 0 amide bonds. The van der Waals surface area contributed by atoms with E-state index in [1.165, 1.54) is 11.3 Å². The van der Waals surface area contributed by atoms with Gasteiger partial charge >= 0.3 is 0 Å². The topological polar surface area (TPSA) is 51.8 Å². The summed E-state index contributed by atoms with van der Waals surface area (Å²) in [6.07, 6.45) is 3.52. The molecular weight excluding hydrogens is 242 g/mol. The smallest absolute Gasteiger partial charge is 0.126 e. The predicted octanol–water partition coefficient (Wildman–Crippen LogP) is 3.45. The molecule has 0 fully saturated rings. The third-order valence-electron chi connectivity index (χ3n) is 2.63. The first-order valence-corrected chi connectivity index (χ1v) is 6.38. The summed E-state index contributed by atoms with van der Waals surface area (Å²) in [6, 6.07) is 13.9. The number of benzene rings is 1. The van der Waals surface area contributed by atoms with E-state index in [4.69, 9.17) is 5.73 Å². The van der Waals surface area contributed by atoms with E-state index in [0.29, 0.717) is 0 Å². The second-order valence-corrected chi connectivity index (χ2v) is 4.86. The Morgan fingerprint density at radius 1 is 0.889 bits per heavy atom. The maximum Gasteiger partial charge on any atom is 0.126 e. The number of aromatic nitrogens is 2. The van der Waals surface area contributed by atoms with Gasteiger partial charge in [0.05, 0.1) is 0 Å². The molecular formula is C14H11N3S. The third kappa shape index (κ3) is 1.98. The molecule has 3 aromatic rings. The highest BCUT2D eigenvalue weighted by molar-refractivity contribution is 7.19. The zero-order chi connectivity index (χ0) is 12.4. The number of thiazole rings is 1. The lowest BCUT2D eigenvalue weighted by Gasteiger charge is -1.96. The molecule has 0 unspecified atom stereocenters. The highest BCUT2D eigenvalue weighted by atomic mass is 32.1. The number of anilines is 1. The van der Waals surface area contributed by atoms with Crippen LogP contribution < -0.4 is 5.73 Å². The van der Waals surface area contributed by atoms with Crippen molar-refractivity contribution in [1.82, 2.24) is 9.97 Å². The molecule has 0 aliphatic rings. The number of nitrogen functional groups attached to an aromatic ring is 1. The van der Waals surface area contributed by atoms with Gasteiger partial charge < -0.3 is 5.73 Å². The molecule has 2 N–H and O–H groups in total. The van der Waals surface area contributed by atoms with Crippen LogP contribution in [0.5, 0.6) is 0 Å². The number of rotatable bonds is 2. The molecule has 2 aromatic heterocycles. The van der Waals surface area contributed by atoms with E-state index in [1.54, 1.807) is 12.4 Å². The number of hydrogen-bond acceptors (Lipinski definition) is 4. The summed E-state index contributed by atoms with van der Waals surface area (Å²) in [5.74, 6) is 0. The Kier molecular flexibility index (Phi) is 2.78. The summed E-state index contributed by atoms with van der Waals surface area (Å²) in [6.45, 7) is 0. The molecule has 0 aliphatic heterocycles. The van der Waals surface area contributed by atoms with Gasteiger partial charge in [0.25, 0.3) is 0 Å².